The Morgan fingerprint density at radius 2 is 2.27 bits per heavy atom. The Morgan fingerprint density at radius 1 is 1.38 bits per heavy atom. The van der Waals surface area contributed by atoms with Crippen molar-refractivity contribution in [1.82, 2.24) is 19.9 Å². The van der Waals surface area contributed by atoms with Crippen molar-refractivity contribution in [1.29, 1.82) is 0 Å². The van der Waals surface area contributed by atoms with Crippen LogP contribution in [0.15, 0.2) is 41.0 Å². The van der Waals surface area contributed by atoms with Crippen molar-refractivity contribution in [2.75, 3.05) is 19.6 Å². The molecular formula is C21H26N4O. The Bertz CT molecular complexity index is 883. The van der Waals surface area contributed by atoms with Crippen LogP contribution in [-0.2, 0) is 11.8 Å². The standard InChI is InChI=1S/C21H26N4O/c1-15(2)7-12-25-11-4-8-21(14-25)9-6-17-18(21)23-19(24-20(17)26)16-5-3-10-22-13-16/h3,5,7,10,13H,4,6,8-9,11-12,14H2,1-2H3,(H,23,24,26). The smallest absolute Gasteiger partial charge is 0.254 e. The third kappa shape index (κ3) is 3.12. The molecule has 1 spiro atoms. The molecule has 0 aromatic carbocycles. The van der Waals surface area contributed by atoms with Crippen molar-refractivity contribution >= 4 is 0 Å². The summed E-state index contributed by atoms with van der Waals surface area (Å²) in [6.45, 7) is 7.39. The van der Waals surface area contributed by atoms with E-state index >= 15 is 0 Å². The fourth-order valence-electron chi connectivity index (χ4n) is 4.38. The molecule has 1 atom stereocenters. The predicted molar refractivity (Wildman–Crippen MR) is 103 cm³/mol. The van der Waals surface area contributed by atoms with Gasteiger partial charge in [-0.25, -0.2) is 4.98 Å². The number of allylic oxidation sites excluding steroid dienone is 1. The van der Waals surface area contributed by atoms with Gasteiger partial charge in [0.05, 0.1) is 5.69 Å². The zero-order valence-electron chi connectivity index (χ0n) is 15.6. The first-order valence-corrected chi connectivity index (χ1v) is 9.47. The van der Waals surface area contributed by atoms with Gasteiger partial charge in [-0.2, -0.15) is 0 Å². The van der Waals surface area contributed by atoms with Crippen LogP contribution in [0.3, 0.4) is 0 Å². The van der Waals surface area contributed by atoms with Crippen LogP contribution in [0.2, 0.25) is 0 Å². The molecule has 0 saturated carbocycles. The molecule has 2 aliphatic rings. The van der Waals surface area contributed by atoms with Crippen LogP contribution in [-0.4, -0.2) is 39.5 Å². The van der Waals surface area contributed by atoms with E-state index in [2.05, 4.69) is 34.8 Å². The van der Waals surface area contributed by atoms with E-state index in [-0.39, 0.29) is 11.0 Å². The lowest BCUT2D eigenvalue weighted by Gasteiger charge is -2.40. The molecule has 5 nitrogen and oxygen atoms in total. The van der Waals surface area contributed by atoms with Gasteiger partial charge in [0.15, 0.2) is 0 Å². The Labute approximate surface area is 154 Å². The zero-order chi connectivity index (χ0) is 18.1. The number of nitrogens with one attached hydrogen (secondary N) is 1. The fraction of sp³-hybridized carbons (Fsp3) is 0.476. The highest BCUT2D eigenvalue weighted by Gasteiger charge is 2.44. The van der Waals surface area contributed by atoms with Crippen LogP contribution in [0.25, 0.3) is 11.4 Å². The van der Waals surface area contributed by atoms with Crippen LogP contribution >= 0.6 is 0 Å². The summed E-state index contributed by atoms with van der Waals surface area (Å²) in [5.41, 5.74) is 4.18. The second-order valence-electron chi connectivity index (χ2n) is 7.88. The number of rotatable bonds is 3. The van der Waals surface area contributed by atoms with Crippen LogP contribution in [0, 0.1) is 0 Å². The molecule has 1 aliphatic heterocycles. The molecule has 1 fully saturated rings. The molecular weight excluding hydrogens is 324 g/mol. The number of aromatic amines is 1. The summed E-state index contributed by atoms with van der Waals surface area (Å²) in [5.74, 6) is 0.643. The van der Waals surface area contributed by atoms with Gasteiger partial charge >= 0.3 is 0 Å². The van der Waals surface area contributed by atoms with Crippen molar-refractivity contribution < 1.29 is 0 Å². The van der Waals surface area contributed by atoms with Gasteiger partial charge in [0, 0.05) is 42.0 Å². The van der Waals surface area contributed by atoms with Crippen LogP contribution in [0.5, 0.6) is 0 Å². The van der Waals surface area contributed by atoms with Gasteiger partial charge < -0.3 is 4.98 Å². The minimum atomic E-state index is 0.0205. The SMILES string of the molecule is CC(C)=CCN1CCCC2(CCc3c2nc(-c2cccnc2)[nH]c3=O)C1. The molecule has 26 heavy (non-hydrogen) atoms. The van der Waals surface area contributed by atoms with Crippen molar-refractivity contribution in [2.24, 2.45) is 0 Å². The van der Waals surface area contributed by atoms with Crippen LogP contribution < -0.4 is 5.56 Å². The Morgan fingerprint density at radius 3 is 3.04 bits per heavy atom. The maximum Gasteiger partial charge on any atom is 0.254 e. The molecule has 4 rings (SSSR count). The van der Waals surface area contributed by atoms with E-state index in [1.54, 1.807) is 12.4 Å². The number of piperidine rings is 1. The molecule has 1 N–H and O–H groups in total. The van der Waals surface area contributed by atoms with E-state index < -0.39 is 0 Å². The summed E-state index contributed by atoms with van der Waals surface area (Å²) in [7, 11) is 0. The van der Waals surface area contributed by atoms with E-state index in [1.807, 2.05) is 12.1 Å². The normalized spacial score (nSPS) is 22.4. The topological polar surface area (TPSA) is 61.9 Å². The highest BCUT2D eigenvalue weighted by molar-refractivity contribution is 5.54. The molecule has 0 bridgehead atoms. The Hall–Kier alpha value is -2.27. The van der Waals surface area contributed by atoms with E-state index in [0.29, 0.717) is 5.82 Å². The number of hydrogen-bond acceptors (Lipinski definition) is 4. The first-order valence-electron chi connectivity index (χ1n) is 9.47. The van der Waals surface area contributed by atoms with Crippen molar-refractivity contribution in [2.45, 2.75) is 44.9 Å². The fourth-order valence-corrected chi connectivity index (χ4v) is 4.38. The van der Waals surface area contributed by atoms with Gasteiger partial charge in [-0.1, -0.05) is 11.6 Å². The van der Waals surface area contributed by atoms with E-state index in [0.717, 1.165) is 62.1 Å². The number of hydrogen-bond donors (Lipinski definition) is 1. The molecule has 1 saturated heterocycles. The lowest BCUT2D eigenvalue weighted by molar-refractivity contribution is 0.156. The zero-order valence-corrected chi connectivity index (χ0v) is 15.6. The Kier molecular flexibility index (Phi) is 4.49. The van der Waals surface area contributed by atoms with Gasteiger partial charge in [0.1, 0.15) is 5.82 Å². The first kappa shape index (κ1) is 17.2. The van der Waals surface area contributed by atoms with E-state index in [9.17, 15) is 4.79 Å². The molecule has 2 aromatic heterocycles. The molecule has 3 heterocycles. The summed E-state index contributed by atoms with van der Waals surface area (Å²) in [5, 5.41) is 0. The number of pyridine rings is 1. The van der Waals surface area contributed by atoms with Crippen molar-refractivity contribution in [3.63, 3.8) is 0 Å². The molecule has 0 amide bonds. The molecule has 136 valence electrons. The van der Waals surface area contributed by atoms with Crippen LogP contribution in [0.1, 0.15) is 44.4 Å². The number of nitrogens with zero attached hydrogens (tertiary/aromatic N) is 3. The maximum absolute atomic E-state index is 12.7. The van der Waals surface area contributed by atoms with Gasteiger partial charge in [-0.3, -0.25) is 14.7 Å². The van der Waals surface area contributed by atoms with Gasteiger partial charge in [-0.15, -0.1) is 0 Å². The summed E-state index contributed by atoms with van der Waals surface area (Å²) in [6.07, 6.45) is 9.93. The number of likely N-dealkylation sites (tertiary alicyclic amines) is 1. The van der Waals surface area contributed by atoms with E-state index in [4.69, 9.17) is 4.98 Å². The summed E-state index contributed by atoms with van der Waals surface area (Å²) >= 11 is 0. The monoisotopic (exact) mass is 350 g/mol. The minimum absolute atomic E-state index is 0.0205. The second-order valence-corrected chi connectivity index (χ2v) is 7.88. The number of fused-ring (bicyclic) bond motifs is 2. The lowest BCUT2D eigenvalue weighted by atomic mass is 9.77. The Balaban J connectivity index is 1.71. The number of aromatic nitrogens is 3. The highest BCUT2D eigenvalue weighted by Crippen LogP contribution is 2.43. The minimum Gasteiger partial charge on any atom is -0.306 e. The van der Waals surface area contributed by atoms with Crippen molar-refractivity contribution in [3.05, 3.63) is 57.8 Å². The van der Waals surface area contributed by atoms with Gasteiger partial charge in [0.2, 0.25) is 0 Å². The average molecular weight is 350 g/mol. The molecule has 1 unspecified atom stereocenters. The molecule has 1 aliphatic carbocycles. The lowest BCUT2D eigenvalue weighted by Crippen LogP contribution is -2.45. The molecule has 5 heteroatoms. The highest BCUT2D eigenvalue weighted by atomic mass is 16.1. The molecule has 0 radical (unpaired) electrons. The average Bonchev–Trinajstić information content (AvgIpc) is 2.99. The predicted octanol–water partition coefficient (Wildman–Crippen LogP) is 3.08. The van der Waals surface area contributed by atoms with Crippen molar-refractivity contribution in [3.8, 4) is 11.4 Å². The third-order valence-electron chi connectivity index (χ3n) is 5.72. The second kappa shape index (κ2) is 6.80. The summed E-state index contributed by atoms with van der Waals surface area (Å²) in [4.78, 5) is 27.3. The first-order chi connectivity index (χ1) is 12.6. The summed E-state index contributed by atoms with van der Waals surface area (Å²) < 4.78 is 0. The van der Waals surface area contributed by atoms with E-state index in [1.165, 1.54) is 5.57 Å². The molecule has 2 aromatic rings. The quantitative estimate of drug-likeness (QED) is 0.864. The number of H-pyrrole nitrogens is 1. The van der Waals surface area contributed by atoms with Gasteiger partial charge in [0.25, 0.3) is 5.56 Å². The summed E-state index contributed by atoms with van der Waals surface area (Å²) in [6, 6.07) is 3.82. The third-order valence-corrected chi connectivity index (χ3v) is 5.72. The van der Waals surface area contributed by atoms with Crippen LogP contribution in [0.4, 0.5) is 0 Å². The largest absolute Gasteiger partial charge is 0.306 e. The maximum atomic E-state index is 12.7. The van der Waals surface area contributed by atoms with Gasteiger partial charge in [-0.05, 0) is 58.2 Å².